The smallest absolute Gasteiger partial charge is 0.262 e. The molecule has 0 unspecified atom stereocenters. The minimum atomic E-state index is -0.119. The van der Waals surface area contributed by atoms with Crippen LogP contribution in [0, 0.1) is 0 Å². The molecular weight excluding hydrogens is 314 g/mol. The molecule has 0 bridgehead atoms. The Hall–Kier alpha value is -2.82. The van der Waals surface area contributed by atoms with Gasteiger partial charge in [-0.3, -0.25) is 9.89 Å². The average molecular weight is 335 g/mol. The van der Waals surface area contributed by atoms with E-state index in [1.165, 1.54) is 5.56 Å². The van der Waals surface area contributed by atoms with Crippen LogP contribution in [0.3, 0.4) is 0 Å². The van der Waals surface area contributed by atoms with E-state index in [0.717, 1.165) is 27.8 Å². The molecule has 3 aromatic rings. The van der Waals surface area contributed by atoms with Crippen LogP contribution in [0.5, 0.6) is 5.75 Å². The van der Waals surface area contributed by atoms with E-state index in [4.69, 9.17) is 4.74 Å². The lowest BCUT2D eigenvalue weighted by Gasteiger charge is -2.19. The molecule has 5 nitrogen and oxygen atoms in total. The quantitative estimate of drug-likeness (QED) is 0.749. The number of carbonyl (C=O) groups excluding carboxylic acids is 1. The molecule has 25 heavy (non-hydrogen) atoms. The van der Waals surface area contributed by atoms with Crippen molar-refractivity contribution in [3.63, 3.8) is 0 Å². The van der Waals surface area contributed by atoms with Gasteiger partial charge in [0.25, 0.3) is 5.91 Å². The maximum Gasteiger partial charge on any atom is 0.262 e. The molecule has 1 aliphatic heterocycles. The molecule has 1 aromatic heterocycles. The number of rotatable bonds is 2. The van der Waals surface area contributed by atoms with E-state index >= 15 is 0 Å². The molecule has 0 saturated carbocycles. The molecule has 0 saturated heterocycles. The van der Waals surface area contributed by atoms with Crippen LogP contribution in [-0.2, 0) is 16.6 Å². The lowest BCUT2D eigenvalue weighted by molar-refractivity contribution is -0.118. The van der Waals surface area contributed by atoms with Crippen LogP contribution in [-0.4, -0.2) is 22.7 Å². The lowest BCUT2D eigenvalue weighted by Crippen LogP contribution is -2.25. The summed E-state index contributed by atoms with van der Waals surface area (Å²) in [6, 6.07) is 12.3. The van der Waals surface area contributed by atoms with Crippen LogP contribution in [0.2, 0.25) is 0 Å². The van der Waals surface area contributed by atoms with Crippen molar-refractivity contribution in [3.8, 4) is 5.75 Å². The fourth-order valence-corrected chi connectivity index (χ4v) is 3.11. The van der Waals surface area contributed by atoms with E-state index in [1.807, 2.05) is 18.2 Å². The average Bonchev–Trinajstić information content (AvgIpc) is 2.96. The summed E-state index contributed by atoms with van der Waals surface area (Å²) in [5.41, 5.74) is 5.24. The van der Waals surface area contributed by atoms with Crippen molar-refractivity contribution in [2.24, 2.45) is 0 Å². The van der Waals surface area contributed by atoms with Gasteiger partial charge in [0.1, 0.15) is 5.75 Å². The molecule has 0 aliphatic carbocycles. The number of hydrogen-bond donors (Lipinski definition) is 2. The Bertz CT molecular complexity index is 967. The highest BCUT2D eigenvalue weighted by Crippen LogP contribution is 2.31. The largest absolute Gasteiger partial charge is 0.482 e. The highest BCUT2D eigenvalue weighted by Gasteiger charge is 2.18. The van der Waals surface area contributed by atoms with Crippen molar-refractivity contribution in [1.82, 2.24) is 10.2 Å². The van der Waals surface area contributed by atoms with Gasteiger partial charge in [-0.2, -0.15) is 5.10 Å². The third-order valence-electron chi connectivity index (χ3n) is 4.56. The zero-order valence-corrected chi connectivity index (χ0v) is 14.6. The van der Waals surface area contributed by atoms with Crippen molar-refractivity contribution in [2.75, 3.05) is 11.9 Å². The topological polar surface area (TPSA) is 67.0 Å². The molecule has 2 N–H and O–H groups in total. The Morgan fingerprint density at radius 3 is 2.80 bits per heavy atom. The van der Waals surface area contributed by atoms with Gasteiger partial charge in [-0.1, -0.05) is 39.0 Å². The molecule has 1 amide bonds. The first kappa shape index (κ1) is 15.7. The molecule has 2 heterocycles. The second-order valence-electron chi connectivity index (χ2n) is 7.53. The summed E-state index contributed by atoms with van der Waals surface area (Å²) in [5.74, 6) is 0.596. The Labute approximate surface area is 146 Å². The second kappa shape index (κ2) is 5.62. The van der Waals surface area contributed by atoms with Gasteiger partial charge in [-0.05, 0) is 34.7 Å². The third kappa shape index (κ3) is 2.97. The van der Waals surface area contributed by atoms with Gasteiger partial charge in [0.2, 0.25) is 0 Å². The maximum atomic E-state index is 11.5. The Balaban J connectivity index is 1.65. The number of fused-ring (bicyclic) bond motifs is 2. The maximum absolute atomic E-state index is 11.5. The first-order valence-electron chi connectivity index (χ1n) is 8.43. The number of amides is 1. The molecule has 4 rings (SSSR count). The molecule has 0 fully saturated rings. The first-order valence-corrected chi connectivity index (χ1v) is 8.43. The summed E-state index contributed by atoms with van der Waals surface area (Å²) in [5, 5.41) is 11.6. The molecular formula is C20H21N3O2. The van der Waals surface area contributed by atoms with E-state index in [1.54, 1.807) is 0 Å². The Kier molecular flexibility index (Phi) is 3.53. The van der Waals surface area contributed by atoms with Gasteiger partial charge < -0.3 is 10.1 Å². The second-order valence-corrected chi connectivity index (χ2v) is 7.53. The summed E-state index contributed by atoms with van der Waals surface area (Å²) >= 11 is 0. The summed E-state index contributed by atoms with van der Waals surface area (Å²) in [4.78, 5) is 11.5. The van der Waals surface area contributed by atoms with Crippen molar-refractivity contribution in [1.29, 1.82) is 0 Å². The monoisotopic (exact) mass is 335 g/mol. The van der Waals surface area contributed by atoms with Gasteiger partial charge in [-0.25, -0.2) is 0 Å². The molecule has 1 aliphatic rings. The van der Waals surface area contributed by atoms with E-state index in [9.17, 15) is 4.79 Å². The zero-order chi connectivity index (χ0) is 17.6. The van der Waals surface area contributed by atoms with E-state index in [-0.39, 0.29) is 17.9 Å². The van der Waals surface area contributed by atoms with E-state index < -0.39 is 0 Å². The standard InChI is InChI=1S/C20H21N3O2/c1-20(2,3)13-5-6-14-15(22-23-16(14)10-13)8-12-4-7-18-17(9-12)21-19(24)11-25-18/h4-7,9-10H,8,11H2,1-3H3,(H,21,24)(H,22,23). The number of ether oxygens (including phenoxy) is 1. The van der Waals surface area contributed by atoms with Crippen LogP contribution in [0.25, 0.3) is 10.9 Å². The molecule has 128 valence electrons. The minimum absolute atomic E-state index is 0.0770. The number of H-pyrrole nitrogens is 1. The lowest BCUT2D eigenvalue weighted by atomic mass is 9.86. The van der Waals surface area contributed by atoms with Gasteiger partial charge in [0.15, 0.2) is 6.61 Å². The van der Waals surface area contributed by atoms with E-state index in [0.29, 0.717) is 12.2 Å². The molecule has 2 aromatic carbocycles. The highest BCUT2D eigenvalue weighted by molar-refractivity contribution is 5.95. The normalized spacial score (nSPS) is 14.1. The highest BCUT2D eigenvalue weighted by atomic mass is 16.5. The van der Waals surface area contributed by atoms with Gasteiger partial charge >= 0.3 is 0 Å². The molecule has 5 heteroatoms. The van der Waals surface area contributed by atoms with Crippen LogP contribution in [0.1, 0.15) is 37.6 Å². The molecule has 0 radical (unpaired) electrons. The number of anilines is 1. The van der Waals surface area contributed by atoms with Crippen molar-refractivity contribution in [2.45, 2.75) is 32.6 Å². The number of nitrogens with zero attached hydrogens (tertiary/aromatic N) is 1. The van der Waals surface area contributed by atoms with Gasteiger partial charge in [0.05, 0.1) is 11.2 Å². The number of benzene rings is 2. The molecule has 0 spiro atoms. The third-order valence-corrected chi connectivity index (χ3v) is 4.56. The van der Waals surface area contributed by atoms with Crippen molar-refractivity contribution >= 4 is 22.5 Å². The summed E-state index contributed by atoms with van der Waals surface area (Å²) in [6.07, 6.45) is 0.717. The Morgan fingerprint density at radius 2 is 2.00 bits per heavy atom. The summed E-state index contributed by atoms with van der Waals surface area (Å²) in [6.45, 7) is 6.68. The van der Waals surface area contributed by atoms with Gasteiger partial charge in [0, 0.05) is 17.5 Å². The first-order chi connectivity index (χ1) is 11.9. The number of aromatic amines is 1. The van der Waals surface area contributed by atoms with Crippen LogP contribution in [0.15, 0.2) is 36.4 Å². The number of nitrogens with one attached hydrogen (secondary N) is 2. The number of aromatic nitrogens is 2. The predicted molar refractivity (Wildman–Crippen MR) is 98.2 cm³/mol. The number of carbonyl (C=O) groups is 1. The Morgan fingerprint density at radius 1 is 1.16 bits per heavy atom. The van der Waals surface area contributed by atoms with Crippen LogP contribution in [0.4, 0.5) is 5.69 Å². The summed E-state index contributed by atoms with van der Waals surface area (Å²) < 4.78 is 5.41. The summed E-state index contributed by atoms with van der Waals surface area (Å²) in [7, 11) is 0. The fraction of sp³-hybridized carbons (Fsp3) is 0.300. The minimum Gasteiger partial charge on any atom is -0.482 e. The fourth-order valence-electron chi connectivity index (χ4n) is 3.11. The number of hydrogen-bond acceptors (Lipinski definition) is 3. The predicted octanol–water partition coefficient (Wildman–Crippen LogP) is 3.78. The van der Waals surface area contributed by atoms with Crippen LogP contribution < -0.4 is 10.1 Å². The van der Waals surface area contributed by atoms with Crippen molar-refractivity contribution < 1.29 is 9.53 Å². The van der Waals surface area contributed by atoms with Crippen molar-refractivity contribution in [3.05, 3.63) is 53.2 Å². The molecule has 0 atom stereocenters. The SMILES string of the molecule is CC(C)(C)c1ccc2c(Cc3ccc4c(c3)NC(=O)CO4)[nH]nc2c1. The van der Waals surface area contributed by atoms with Gasteiger partial charge in [-0.15, -0.1) is 0 Å². The van der Waals surface area contributed by atoms with Crippen LogP contribution >= 0.6 is 0 Å². The zero-order valence-electron chi connectivity index (χ0n) is 14.6. The van der Waals surface area contributed by atoms with E-state index in [2.05, 4.69) is 54.5 Å².